The first-order valence-electron chi connectivity index (χ1n) is 7.41. The van der Waals surface area contributed by atoms with Crippen LogP contribution in [0.25, 0.3) is 0 Å². The first kappa shape index (κ1) is 19.7. The fourth-order valence-corrected chi connectivity index (χ4v) is 2.27. The molecular formula is C17H14Cl2FN3O3. The third-order valence-electron chi connectivity index (χ3n) is 3.18. The van der Waals surface area contributed by atoms with Crippen molar-refractivity contribution in [1.82, 2.24) is 10.6 Å². The molecule has 9 heteroatoms. The Bertz CT molecular complexity index is 846. The van der Waals surface area contributed by atoms with Gasteiger partial charge in [-0.1, -0.05) is 35.3 Å². The van der Waals surface area contributed by atoms with Crippen LogP contribution in [-0.4, -0.2) is 30.8 Å². The molecule has 3 amide bonds. The molecule has 2 aromatic carbocycles. The number of amides is 3. The van der Waals surface area contributed by atoms with Crippen molar-refractivity contribution < 1.29 is 18.8 Å². The summed E-state index contributed by atoms with van der Waals surface area (Å²) in [4.78, 5) is 35.3. The van der Waals surface area contributed by atoms with Crippen LogP contribution in [0.5, 0.6) is 0 Å². The lowest BCUT2D eigenvalue weighted by molar-refractivity contribution is -0.123. The molecule has 0 aliphatic carbocycles. The lowest BCUT2D eigenvalue weighted by Crippen LogP contribution is -2.40. The van der Waals surface area contributed by atoms with Crippen molar-refractivity contribution in [2.24, 2.45) is 0 Å². The van der Waals surface area contributed by atoms with Crippen LogP contribution in [-0.2, 0) is 9.59 Å². The van der Waals surface area contributed by atoms with Crippen molar-refractivity contribution in [1.29, 1.82) is 0 Å². The van der Waals surface area contributed by atoms with Crippen LogP contribution in [0.15, 0.2) is 42.5 Å². The molecular weight excluding hydrogens is 384 g/mol. The van der Waals surface area contributed by atoms with E-state index in [9.17, 15) is 18.8 Å². The van der Waals surface area contributed by atoms with Crippen LogP contribution in [0.4, 0.5) is 10.1 Å². The van der Waals surface area contributed by atoms with Crippen LogP contribution >= 0.6 is 23.2 Å². The molecule has 0 saturated heterocycles. The van der Waals surface area contributed by atoms with E-state index in [1.54, 1.807) is 6.07 Å². The lowest BCUT2D eigenvalue weighted by Gasteiger charge is -2.09. The second-order valence-electron chi connectivity index (χ2n) is 5.11. The summed E-state index contributed by atoms with van der Waals surface area (Å²) >= 11 is 11.7. The SMILES string of the molecule is O=C(CNC(=O)c1ccccc1F)NCC(=O)Nc1cc(Cl)ccc1Cl. The van der Waals surface area contributed by atoms with Gasteiger partial charge in [-0.3, -0.25) is 14.4 Å². The standard InChI is InChI=1S/C17H14Cl2FN3O3/c18-10-5-6-12(19)14(7-10)23-16(25)9-21-15(24)8-22-17(26)11-3-1-2-4-13(11)20/h1-7H,8-9H2,(H,21,24)(H,22,26)(H,23,25). The Morgan fingerprint density at radius 2 is 1.62 bits per heavy atom. The molecule has 6 nitrogen and oxygen atoms in total. The Morgan fingerprint density at radius 3 is 2.35 bits per heavy atom. The van der Waals surface area contributed by atoms with Crippen LogP contribution in [0.3, 0.4) is 0 Å². The maximum Gasteiger partial charge on any atom is 0.254 e. The molecule has 0 saturated carbocycles. The normalized spacial score (nSPS) is 10.1. The van der Waals surface area contributed by atoms with Crippen LogP contribution < -0.4 is 16.0 Å². The molecule has 2 aromatic rings. The largest absolute Gasteiger partial charge is 0.345 e. The summed E-state index contributed by atoms with van der Waals surface area (Å²) in [6.45, 7) is -0.740. The van der Waals surface area contributed by atoms with Gasteiger partial charge >= 0.3 is 0 Å². The first-order valence-corrected chi connectivity index (χ1v) is 8.16. The van der Waals surface area contributed by atoms with E-state index in [2.05, 4.69) is 16.0 Å². The number of nitrogens with one attached hydrogen (secondary N) is 3. The van der Waals surface area contributed by atoms with Gasteiger partial charge in [0, 0.05) is 5.02 Å². The number of hydrogen-bond donors (Lipinski definition) is 3. The topological polar surface area (TPSA) is 87.3 Å². The highest BCUT2D eigenvalue weighted by atomic mass is 35.5. The molecule has 0 heterocycles. The second kappa shape index (κ2) is 9.17. The van der Waals surface area contributed by atoms with Gasteiger partial charge in [0.1, 0.15) is 5.82 Å². The maximum atomic E-state index is 13.5. The van der Waals surface area contributed by atoms with Gasteiger partial charge in [0.2, 0.25) is 11.8 Å². The zero-order valence-electron chi connectivity index (χ0n) is 13.3. The minimum Gasteiger partial charge on any atom is -0.345 e. The van der Waals surface area contributed by atoms with E-state index in [1.165, 1.54) is 30.3 Å². The van der Waals surface area contributed by atoms with Gasteiger partial charge in [-0.25, -0.2) is 4.39 Å². The quantitative estimate of drug-likeness (QED) is 0.699. The monoisotopic (exact) mass is 397 g/mol. The Balaban J connectivity index is 1.78. The van der Waals surface area contributed by atoms with Gasteiger partial charge in [0.25, 0.3) is 5.91 Å². The number of rotatable bonds is 6. The molecule has 0 aromatic heterocycles. The number of carbonyl (C=O) groups is 3. The Labute approximate surface area is 158 Å². The highest BCUT2D eigenvalue weighted by Crippen LogP contribution is 2.25. The molecule has 0 radical (unpaired) electrons. The zero-order chi connectivity index (χ0) is 19.1. The predicted molar refractivity (Wildman–Crippen MR) is 96.8 cm³/mol. The summed E-state index contributed by atoms with van der Waals surface area (Å²) in [7, 11) is 0. The Hall–Kier alpha value is -2.64. The Kier molecular flexibility index (Phi) is 6.94. The fraction of sp³-hybridized carbons (Fsp3) is 0.118. The average Bonchev–Trinajstić information content (AvgIpc) is 2.61. The second-order valence-corrected chi connectivity index (χ2v) is 5.96. The van der Waals surface area contributed by atoms with Crippen molar-refractivity contribution >= 4 is 46.6 Å². The summed E-state index contributed by atoms with van der Waals surface area (Å²) in [6, 6.07) is 9.95. The van der Waals surface area contributed by atoms with Crippen molar-refractivity contribution in [3.63, 3.8) is 0 Å². The van der Waals surface area contributed by atoms with E-state index >= 15 is 0 Å². The van der Waals surface area contributed by atoms with Gasteiger partial charge in [-0.05, 0) is 30.3 Å². The maximum absolute atomic E-state index is 13.5. The lowest BCUT2D eigenvalue weighted by atomic mass is 10.2. The Morgan fingerprint density at radius 1 is 0.923 bits per heavy atom. The zero-order valence-corrected chi connectivity index (χ0v) is 14.8. The fourth-order valence-electron chi connectivity index (χ4n) is 1.93. The number of halogens is 3. The van der Waals surface area contributed by atoms with Gasteiger partial charge < -0.3 is 16.0 Å². The van der Waals surface area contributed by atoms with Gasteiger partial charge in [0.15, 0.2) is 0 Å². The van der Waals surface area contributed by atoms with Crippen molar-refractivity contribution in [2.75, 3.05) is 18.4 Å². The van der Waals surface area contributed by atoms with Crippen LogP contribution in [0.1, 0.15) is 10.4 Å². The molecule has 3 N–H and O–H groups in total. The predicted octanol–water partition coefficient (Wildman–Crippen LogP) is 2.62. The van der Waals surface area contributed by atoms with E-state index < -0.39 is 30.1 Å². The number of benzene rings is 2. The third kappa shape index (κ3) is 5.72. The van der Waals surface area contributed by atoms with Crippen molar-refractivity contribution in [3.05, 3.63) is 63.9 Å². The number of anilines is 1. The summed E-state index contributed by atoms with van der Waals surface area (Å²) in [5, 5.41) is 7.78. The van der Waals surface area contributed by atoms with Crippen LogP contribution in [0.2, 0.25) is 10.0 Å². The highest BCUT2D eigenvalue weighted by Gasteiger charge is 2.13. The van der Waals surface area contributed by atoms with E-state index in [4.69, 9.17) is 23.2 Å². The minimum absolute atomic E-state index is 0.173. The molecule has 0 atom stereocenters. The minimum atomic E-state index is -0.728. The van der Waals surface area contributed by atoms with E-state index in [1.807, 2.05) is 0 Å². The summed E-state index contributed by atoms with van der Waals surface area (Å²) in [6.07, 6.45) is 0. The molecule has 0 spiro atoms. The molecule has 2 rings (SSSR count). The third-order valence-corrected chi connectivity index (χ3v) is 3.74. The van der Waals surface area contributed by atoms with Gasteiger partial charge in [0.05, 0.1) is 29.4 Å². The van der Waals surface area contributed by atoms with E-state index in [0.717, 1.165) is 6.07 Å². The molecule has 136 valence electrons. The van der Waals surface area contributed by atoms with Gasteiger partial charge in [-0.15, -0.1) is 0 Å². The molecule has 0 aliphatic rings. The smallest absolute Gasteiger partial charge is 0.254 e. The average molecular weight is 398 g/mol. The summed E-state index contributed by atoms with van der Waals surface area (Å²) in [5.74, 6) is -2.55. The van der Waals surface area contributed by atoms with Gasteiger partial charge in [-0.2, -0.15) is 0 Å². The van der Waals surface area contributed by atoms with Crippen LogP contribution in [0, 0.1) is 5.82 Å². The van der Waals surface area contributed by atoms with E-state index in [-0.39, 0.29) is 12.1 Å². The number of carbonyl (C=O) groups excluding carboxylic acids is 3. The molecule has 0 fully saturated rings. The van der Waals surface area contributed by atoms with E-state index in [0.29, 0.717) is 15.7 Å². The number of hydrogen-bond acceptors (Lipinski definition) is 3. The molecule has 26 heavy (non-hydrogen) atoms. The first-order chi connectivity index (χ1) is 12.4. The van der Waals surface area contributed by atoms with Crippen molar-refractivity contribution in [2.45, 2.75) is 0 Å². The highest BCUT2D eigenvalue weighted by molar-refractivity contribution is 6.35. The molecule has 0 unspecified atom stereocenters. The summed E-state index contributed by atoms with van der Waals surface area (Å²) < 4.78 is 13.5. The van der Waals surface area contributed by atoms with Crippen molar-refractivity contribution in [3.8, 4) is 0 Å². The summed E-state index contributed by atoms with van der Waals surface area (Å²) in [5.41, 5.74) is 0.139. The molecule has 0 aliphatic heterocycles. The molecule has 0 bridgehead atoms.